The third kappa shape index (κ3) is 4.07. The molecule has 1 aromatic heterocycles. The first-order valence-corrected chi connectivity index (χ1v) is 9.17. The summed E-state index contributed by atoms with van der Waals surface area (Å²) >= 11 is 0. The maximum Gasteiger partial charge on any atom is 0.336 e. The van der Waals surface area contributed by atoms with Crippen LogP contribution in [0.2, 0.25) is 0 Å². The van der Waals surface area contributed by atoms with Crippen molar-refractivity contribution in [2.45, 2.75) is 58.0 Å². The van der Waals surface area contributed by atoms with E-state index in [-0.39, 0.29) is 18.2 Å². The molecule has 1 saturated carbocycles. The van der Waals surface area contributed by atoms with E-state index >= 15 is 0 Å². The van der Waals surface area contributed by atoms with Gasteiger partial charge in [0.15, 0.2) is 0 Å². The summed E-state index contributed by atoms with van der Waals surface area (Å²) in [7, 11) is 0. The van der Waals surface area contributed by atoms with E-state index in [0.29, 0.717) is 24.2 Å². The first-order valence-electron chi connectivity index (χ1n) is 9.17. The molecule has 1 aliphatic carbocycles. The Hall–Kier alpha value is -2.34. The summed E-state index contributed by atoms with van der Waals surface area (Å²) in [6, 6.07) is 5.08. The number of nitrogens with zero attached hydrogens (tertiary/aromatic N) is 1. The molecule has 0 spiro atoms. The number of aliphatic carboxylic acids is 1. The van der Waals surface area contributed by atoms with Crippen molar-refractivity contribution in [3.8, 4) is 5.75 Å². The van der Waals surface area contributed by atoms with Crippen molar-refractivity contribution in [2.75, 3.05) is 6.54 Å². The third-order valence-corrected chi connectivity index (χ3v) is 5.26. The Morgan fingerprint density at radius 2 is 2.00 bits per heavy atom. The van der Waals surface area contributed by atoms with Crippen molar-refractivity contribution in [3.05, 3.63) is 39.7 Å². The van der Waals surface area contributed by atoms with Gasteiger partial charge in [-0.05, 0) is 37.5 Å². The van der Waals surface area contributed by atoms with Crippen molar-refractivity contribution in [1.29, 1.82) is 0 Å². The zero-order valence-electron chi connectivity index (χ0n) is 15.0. The van der Waals surface area contributed by atoms with E-state index in [4.69, 9.17) is 9.52 Å². The van der Waals surface area contributed by atoms with Gasteiger partial charge in [-0.15, -0.1) is 0 Å². The van der Waals surface area contributed by atoms with Gasteiger partial charge in [0.05, 0.1) is 12.0 Å². The van der Waals surface area contributed by atoms with Crippen LogP contribution < -0.4 is 5.63 Å². The first-order chi connectivity index (χ1) is 12.5. The fraction of sp³-hybridized carbons (Fsp3) is 0.500. The van der Waals surface area contributed by atoms with E-state index in [1.807, 2.05) is 6.92 Å². The van der Waals surface area contributed by atoms with Gasteiger partial charge in [0.1, 0.15) is 11.3 Å². The van der Waals surface area contributed by atoms with Crippen LogP contribution in [0, 0.1) is 6.92 Å². The number of phenolic OH excluding ortho intramolecular Hbond substituents is 1. The minimum Gasteiger partial charge on any atom is -0.507 e. The lowest BCUT2D eigenvalue weighted by Gasteiger charge is -2.34. The number of hydrogen-bond donors (Lipinski definition) is 2. The highest BCUT2D eigenvalue weighted by atomic mass is 16.4. The Morgan fingerprint density at radius 3 is 2.69 bits per heavy atom. The number of hydrogen-bond acceptors (Lipinski definition) is 5. The predicted molar refractivity (Wildman–Crippen MR) is 98.4 cm³/mol. The quantitative estimate of drug-likeness (QED) is 0.768. The highest BCUT2D eigenvalue weighted by molar-refractivity contribution is 5.84. The van der Waals surface area contributed by atoms with Gasteiger partial charge < -0.3 is 14.6 Å². The van der Waals surface area contributed by atoms with Crippen molar-refractivity contribution < 1.29 is 19.4 Å². The standard InChI is InChI=1S/C20H25NO5/c1-13-11-19(25)26-20-15(13)7-8-17(22)16(20)12-21(10-9-18(23)24)14-5-3-2-4-6-14/h7-8,11,14,22H,2-6,9-10,12H2,1H3,(H,23,24). The minimum atomic E-state index is -0.838. The molecular formula is C20H25NO5. The molecule has 0 atom stereocenters. The Balaban J connectivity index is 1.98. The second-order valence-electron chi connectivity index (χ2n) is 7.09. The lowest BCUT2D eigenvalue weighted by Crippen LogP contribution is -2.37. The maximum absolute atomic E-state index is 11.8. The second kappa shape index (κ2) is 7.91. The van der Waals surface area contributed by atoms with Crippen molar-refractivity contribution in [3.63, 3.8) is 0 Å². The Kier molecular flexibility index (Phi) is 5.61. The summed E-state index contributed by atoms with van der Waals surface area (Å²) in [4.78, 5) is 25.0. The van der Waals surface area contributed by atoms with Crippen molar-refractivity contribution in [1.82, 2.24) is 4.90 Å². The molecule has 6 nitrogen and oxygen atoms in total. The average molecular weight is 359 g/mol. The fourth-order valence-corrected chi connectivity index (χ4v) is 3.86. The normalized spacial score (nSPS) is 15.6. The SMILES string of the molecule is Cc1cc(=O)oc2c(CN(CCC(=O)O)C3CCCCC3)c(O)ccc12. The zero-order valence-corrected chi connectivity index (χ0v) is 15.0. The molecule has 6 heteroatoms. The van der Waals surface area contributed by atoms with E-state index < -0.39 is 11.6 Å². The molecule has 2 N–H and O–H groups in total. The highest BCUT2D eigenvalue weighted by Gasteiger charge is 2.24. The Morgan fingerprint density at radius 1 is 1.27 bits per heavy atom. The van der Waals surface area contributed by atoms with E-state index in [1.54, 1.807) is 12.1 Å². The molecule has 0 saturated heterocycles. The lowest BCUT2D eigenvalue weighted by atomic mass is 9.93. The van der Waals surface area contributed by atoms with Crippen LogP contribution in [0.5, 0.6) is 5.75 Å². The van der Waals surface area contributed by atoms with Crippen LogP contribution in [0.25, 0.3) is 11.0 Å². The summed E-state index contributed by atoms with van der Waals surface area (Å²) in [5.41, 5.74) is 1.30. The topological polar surface area (TPSA) is 91.0 Å². The molecule has 0 amide bonds. The number of fused-ring (bicyclic) bond motifs is 1. The summed E-state index contributed by atoms with van der Waals surface area (Å²) in [5, 5.41) is 20.3. The smallest absolute Gasteiger partial charge is 0.336 e. The Bertz CT molecular complexity index is 851. The molecule has 0 bridgehead atoms. The van der Waals surface area contributed by atoms with Crippen LogP contribution in [0.15, 0.2) is 27.4 Å². The third-order valence-electron chi connectivity index (χ3n) is 5.26. The number of carbonyl (C=O) groups is 1. The molecule has 1 aromatic carbocycles. The van der Waals surface area contributed by atoms with E-state index in [1.165, 1.54) is 12.5 Å². The van der Waals surface area contributed by atoms with Crippen molar-refractivity contribution >= 4 is 16.9 Å². The van der Waals surface area contributed by atoms with Gasteiger partial charge in [-0.25, -0.2) is 4.79 Å². The average Bonchev–Trinajstić information content (AvgIpc) is 2.60. The highest BCUT2D eigenvalue weighted by Crippen LogP contribution is 2.31. The van der Waals surface area contributed by atoms with Crippen LogP contribution in [0.3, 0.4) is 0 Å². The van der Waals surface area contributed by atoms with Gasteiger partial charge in [-0.2, -0.15) is 0 Å². The Labute approximate surface area is 152 Å². The van der Waals surface area contributed by atoms with Crippen LogP contribution in [0.4, 0.5) is 0 Å². The molecule has 0 unspecified atom stereocenters. The molecule has 3 rings (SSSR count). The van der Waals surface area contributed by atoms with E-state index in [0.717, 1.165) is 36.6 Å². The number of carboxylic acids is 1. The largest absolute Gasteiger partial charge is 0.507 e. The zero-order chi connectivity index (χ0) is 18.7. The van der Waals surface area contributed by atoms with Crippen LogP contribution in [0.1, 0.15) is 49.7 Å². The molecule has 0 radical (unpaired) electrons. The summed E-state index contributed by atoms with van der Waals surface area (Å²) in [6.07, 6.45) is 5.55. The number of phenols is 1. The summed E-state index contributed by atoms with van der Waals surface area (Å²) in [6.45, 7) is 2.61. The summed E-state index contributed by atoms with van der Waals surface area (Å²) in [5.74, 6) is -0.766. The molecular weight excluding hydrogens is 334 g/mol. The molecule has 0 aliphatic heterocycles. The van der Waals surface area contributed by atoms with Crippen LogP contribution >= 0.6 is 0 Å². The van der Waals surface area contributed by atoms with Gasteiger partial charge in [0, 0.05) is 30.6 Å². The van der Waals surface area contributed by atoms with Gasteiger partial charge in [-0.3, -0.25) is 9.69 Å². The number of aromatic hydroxyl groups is 1. The van der Waals surface area contributed by atoms with E-state index in [2.05, 4.69) is 4.90 Å². The minimum absolute atomic E-state index is 0.0466. The molecule has 1 aliphatic rings. The number of carboxylic acid groups (broad SMARTS) is 1. The number of aryl methyl sites for hydroxylation is 1. The van der Waals surface area contributed by atoms with Crippen LogP contribution in [-0.2, 0) is 11.3 Å². The monoisotopic (exact) mass is 359 g/mol. The molecule has 140 valence electrons. The number of rotatable bonds is 6. The molecule has 1 fully saturated rings. The van der Waals surface area contributed by atoms with E-state index in [9.17, 15) is 14.7 Å². The predicted octanol–water partition coefficient (Wildman–Crippen LogP) is 3.42. The molecule has 2 aromatic rings. The van der Waals surface area contributed by atoms with Gasteiger partial charge in [0.2, 0.25) is 0 Å². The second-order valence-corrected chi connectivity index (χ2v) is 7.09. The first kappa shape index (κ1) is 18.5. The van der Waals surface area contributed by atoms with Crippen LogP contribution in [-0.4, -0.2) is 33.7 Å². The van der Waals surface area contributed by atoms with Gasteiger partial charge in [-0.1, -0.05) is 19.3 Å². The van der Waals surface area contributed by atoms with Crippen molar-refractivity contribution in [2.24, 2.45) is 0 Å². The summed E-state index contributed by atoms with van der Waals surface area (Å²) < 4.78 is 5.41. The molecule has 1 heterocycles. The molecule has 26 heavy (non-hydrogen) atoms. The fourth-order valence-electron chi connectivity index (χ4n) is 3.86. The maximum atomic E-state index is 11.8. The van der Waals surface area contributed by atoms with Gasteiger partial charge in [0.25, 0.3) is 0 Å². The van der Waals surface area contributed by atoms with Gasteiger partial charge >= 0.3 is 11.6 Å². The lowest BCUT2D eigenvalue weighted by molar-refractivity contribution is -0.137. The number of benzene rings is 1.